The number of aliphatic hydroxyl groups excluding tert-OH is 1. The fourth-order valence-electron chi connectivity index (χ4n) is 4.16. The molecule has 0 saturated carbocycles. The summed E-state index contributed by atoms with van der Waals surface area (Å²) in [6.45, 7) is 11.7. The van der Waals surface area contributed by atoms with Crippen molar-refractivity contribution < 1.29 is 5.11 Å². The van der Waals surface area contributed by atoms with Crippen LogP contribution in [0.2, 0.25) is 0 Å². The predicted molar refractivity (Wildman–Crippen MR) is 86.3 cm³/mol. The summed E-state index contributed by atoms with van der Waals surface area (Å²) in [6, 6.07) is 2.14. The van der Waals surface area contributed by atoms with Crippen molar-refractivity contribution in [3.8, 4) is 0 Å². The first kappa shape index (κ1) is 15.1. The second kappa shape index (κ2) is 5.77. The lowest BCUT2D eigenvalue weighted by molar-refractivity contribution is 0.0975. The van der Waals surface area contributed by atoms with E-state index in [9.17, 15) is 5.11 Å². The average Bonchev–Trinajstić information content (AvgIpc) is 2.99. The minimum absolute atomic E-state index is 0.209. The second-order valence-corrected chi connectivity index (χ2v) is 8.04. The van der Waals surface area contributed by atoms with Gasteiger partial charge in [-0.2, -0.15) is 0 Å². The molecule has 1 aliphatic heterocycles. The first-order valence-electron chi connectivity index (χ1n) is 8.53. The standard InChI is InChI=1S/C18H30N2O/c1-14(12-19-7-4-5-8-19)13-20-9-6-15-16(20)10-18(2,3)11-17(15)21/h6,9,14,17,21H,4-5,7-8,10-13H2,1-3H3. The van der Waals surface area contributed by atoms with Gasteiger partial charge in [-0.05, 0) is 56.2 Å². The highest BCUT2D eigenvalue weighted by Gasteiger charge is 2.33. The van der Waals surface area contributed by atoms with Crippen LogP contribution in [0.1, 0.15) is 57.4 Å². The first-order valence-corrected chi connectivity index (χ1v) is 8.53. The van der Waals surface area contributed by atoms with Crippen LogP contribution in [0.5, 0.6) is 0 Å². The van der Waals surface area contributed by atoms with Crippen LogP contribution in [0.4, 0.5) is 0 Å². The van der Waals surface area contributed by atoms with Gasteiger partial charge in [-0.25, -0.2) is 0 Å². The van der Waals surface area contributed by atoms with Crippen LogP contribution >= 0.6 is 0 Å². The van der Waals surface area contributed by atoms with Gasteiger partial charge in [-0.3, -0.25) is 0 Å². The summed E-state index contributed by atoms with van der Waals surface area (Å²) < 4.78 is 2.40. The zero-order valence-corrected chi connectivity index (χ0v) is 13.8. The maximum absolute atomic E-state index is 10.4. The molecule has 1 N–H and O–H groups in total. The maximum Gasteiger partial charge on any atom is 0.0812 e. The van der Waals surface area contributed by atoms with E-state index in [1.54, 1.807) is 0 Å². The van der Waals surface area contributed by atoms with Gasteiger partial charge in [0.05, 0.1) is 6.10 Å². The first-order chi connectivity index (χ1) is 9.94. The topological polar surface area (TPSA) is 28.4 Å². The van der Waals surface area contributed by atoms with E-state index in [1.807, 2.05) is 0 Å². The summed E-state index contributed by atoms with van der Waals surface area (Å²) in [5.41, 5.74) is 2.75. The Hall–Kier alpha value is -0.800. The maximum atomic E-state index is 10.4. The average molecular weight is 290 g/mol. The molecule has 1 aromatic heterocycles. The Morgan fingerprint density at radius 2 is 2.00 bits per heavy atom. The normalized spacial score (nSPS) is 26.8. The predicted octanol–water partition coefficient (Wildman–Crippen LogP) is 3.23. The Morgan fingerprint density at radius 1 is 1.29 bits per heavy atom. The van der Waals surface area contributed by atoms with E-state index in [-0.39, 0.29) is 11.5 Å². The smallest absolute Gasteiger partial charge is 0.0812 e. The van der Waals surface area contributed by atoms with E-state index in [1.165, 1.54) is 43.7 Å². The molecule has 1 saturated heterocycles. The van der Waals surface area contributed by atoms with E-state index >= 15 is 0 Å². The van der Waals surface area contributed by atoms with Gasteiger partial charge in [0, 0.05) is 30.5 Å². The zero-order chi connectivity index (χ0) is 15.0. The highest BCUT2D eigenvalue weighted by molar-refractivity contribution is 5.29. The number of rotatable bonds is 4. The summed E-state index contributed by atoms with van der Waals surface area (Å²) in [6.07, 6.45) is 6.61. The van der Waals surface area contributed by atoms with E-state index in [0.717, 1.165) is 19.4 Å². The Labute approximate surface area is 129 Å². The molecule has 1 fully saturated rings. The Bertz CT molecular complexity index is 485. The van der Waals surface area contributed by atoms with Crippen molar-refractivity contribution in [3.05, 3.63) is 23.5 Å². The van der Waals surface area contributed by atoms with Crippen molar-refractivity contribution >= 4 is 0 Å². The largest absolute Gasteiger partial charge is 0.388 e. The molecule has 3 heteroatoms. The van der Waals surface area contributed by atoms with E-state index in [0.29, 0.717) is 5.92 Å². The minimum atomic E-state index is -0.279. The van der Waals surface area contributed by atoms with Crippen LogP contribution in [-0.4, -0.2) is 34.2 Å². The number of aliphatic hydroxyl groups is 1. The van der Waals surface area contributed by atoms with Crippen LogP contribution in [0.25, 0.3) is 0 Å². The van der Waals surface area contributed by atoms with Crippen molar-refractivity contribution in [2.75, 3.05) is 19.6 Å². The van der Waals surface area contributed by atoms with Gasteiger partial charge in [0.1, 0.15) is 0 Å². The van der Waals surface area contributed by atoms with Gasteiger partial charge in [0.25, 0.3) is 0 Å². The van der Waals surface area contributed by atoms with Gasteiger partial charge in [-0.1, -0.05) is 20.8 Å². The molecule has 3 rings (SSSR count). The monoisotopic (exact) mass is 290 g/mol. The second-order valence-electron chi connectivity index (χ2n) is 8.04. The lowest BCUT2D eigenvalue weighted by Gasteiger charge is -2.34. The highest BCUT2D eigenvalue weighted by Crippen LogP contribution is 2.41. The molecule has 0 spiro atoms. The Kier molecular flexibility index (Phi) is 4.15. The molecule has 2 atom stereocenters. The number of aromatic nitrogens is 1. The van der Waals surface area contributed by atoms with Crippen molar-refractivity contribution in [1.82, 2.24) is 9.47 Å². The molecule has 1 aromatic rings. The van der Waals surface area contributed by atoms with E-state index in [2.05, 4.69) is 42.5 Å². The van der Waals surface area contributed by atoms with Crippen molar-refractivity contribution in [3.63, 3.8) is 0 Å². The molecular weight excluding hydrogens is 260 g/mol. The summed E-state index contributed by atoms with van der Waals surface area (Å²) in [5.74, 6) is 0.668. The van der Waals surface area contributed by atoms with E-state index < -0.39 is 0 Å². The van der Waals surface area contributed by atoms with Gasteiger partial charge >= 0.3 is 0 Å². The van der Waals surface area contributed by atoms with Gasteiger partial charge in [0.15, 0.2) is 0 Å². The van der Waals surface area contributed by atoms with E-state index in [4.69, 9.17) is 0 Å². The third-order valence-corrected chi connectivity index (χ3v) is 5.14. The minimum Gasteiger partial charge on any atom is -0.388 e. The number of likely N-dealkylation sites (tertiary alicyclic amines) is 1. The fraction of sp³-hybridized carbons (Fsp3) is 0.778. The van der Waals surface area contributed by atoms with Gasteiger partial charge in [-0.15, -0.1) is 0 Å². The van der Waals surface area contributed by atoms with Crippen LogP contribution < -0.4 is 0 Å². The molecule has 0 bridgehead atoms. The van der Waals surface area contributed by atoms with Crippen LogP contribution in [0.15, 0.2) is 12.3 Å². The molecule has 21 heavy (non-hydrogen) atoms. The molecule has 0 amide bonds. The summed E-state index contributed by atoms with van der Waals surface area (Å²) >= 11 is 0. The Morgan fingerprint density at radius 3 is 2.71 bits per heavy atom. The van der Waals surface area contributed by atoms with Crippen LogP contribution in [0, 0.1) is 11.3 Å². The summed E-state index contributed by atoms with van der Waals surface area (Å²) in [5, 5.41) is 10.4. The SMILES string of the molecule is CC(CN1CCCC1)Cn1ccc2c1CC(C)(C)CC2O. The summed E-state index contributed by atoms with van der Waals surface area (Å²) in [4.78, 5) is 2.60. The number of nitrogens with zero attached hydrogens (tertiary/aromatic N) is 2. The van der Waals surface area contributed by atoms with Crippen LogP contribution in [-0.2, 0) is 13.0 Å². The zero-order valence-electron chi connectivity index (χ0n) is 13.8. The van der Waals surface area contributed by atoms with Crippen molar-refractivity contribution in [2.45, 2.75) is 59.1 Å². The molecule has 2 unspecified atom stereocenters. The quantitative estimate of drug-likeness (QED) is 0.922. The number of hydrogen-bond donors (Lipinski definition) is 1. The number of fused-ring (bicyclic) bond motifs is 1. The van der Waals surface area contributed by atoms with Gasteiger partial charge < -0.3 is 14.6 Å². The van der Waals surface area contributed by atoms with Crippen molar-refractivity contribution in [1.29, 1.82) is 0 Å². The lowest BCUT2D eigenvalue weighted by Crippen LogP contribution is -2.30. The molecule has 0 aromatic carbocycles. The lowest BCUT2D eigenvalue weighted by atomic mass is 9.75. The molecule has 1 aliphatic carbocycles. The van der Waals surface area contributed by atoms with Gasteiger partial charge in [0.2, 0.25) is 0 Å². The van der Waals surface area contributed by atoms with Crippen molar-refractivity contribution in [2.24, 2.45) is 11.3 Å². The third kappa shape index (κ3) is 3.35. The molecule has 2 aliphatic rings. The molecule has 0 radical (unpaired) electrons. The number of hydrogen-bond acceptors (Lipinski definition) is 2. The Balaban J connectivity index is 1.69. The molecular formula is C18H30N2O. The van der Waals surface area contributed by atoms with Crippen LogP contribution in [0.3, 0.4) is 0 Å². The molecule has 2 heterocycles. The molecule has 3 nitrogen and oxygen atoms in total. The molecule has 118 valence electrons. The highest BCUT2D eigenvalue weighted by atomic mass is 16.3. The summed E-state index contributed by atoms with van der Waals surface area (Å²) in [7, 11) is 0. The third-order valence-electron chi connectivity index (χ3n) is 5.14. The fourth-order valence-corrected chi connectivity index (χ4v) is 4.16.